The molecule has 2 atom stereocenters. The van der Waals surface area contributed by atoms with Crippen LogP contribution in [0.1, 0.15) is 12.8 Å². The first-order valence-electron chi connectivity index (χ1n) is 5.29. The van der Waals surface area contributed by atoms with Crippen LogP contribution >= 0.6 is 11.8 Å². The number of hydrogen-bond acceptors (Lipinski definition) is 5. The minimum Gasteiger partial charge on any atom is -0.390 e. The van der Waals surface area contributed by atoms with Crippen molar-refractivity contribution in [1.29, 1.82) is 0 Å². The third kappa shape index (κ3) is 3.09. The molecule has 2 rings (SSSR count). The van der Waals surface area contributed by atoms with Crippen molar-refractivity contribution in [3.8, 4) is 0 Å². The second-order valence-corrected chi connectivity index (χ2v) is 7.68. The van der Waals surface area contributed by atoms with Crippen molar-refractivity contribution in [2.45, 2.75) is 31.0 Å². The van der Waals surface area contributed by atoms with E-state index in [1.54, 1.807) is 0 Å². The molecule has 4 nitrogen and oxygen atoms in total. The molecule has 0 saturated carbocycles. The SMILES string of the molecule is O=S1(=O)CC(O)C(NC2CCSCC2)C1. The Balaban J connectivity index is 1.89. The van der Waals surface area contributed by atoms with E-state index in [2.05, 4.69) is 5.32 Å². The van der Waals surface area contributed by atoms with E-state index in [1.807, 2.05) is 11.8 Å². The Morgan fingerprint density at radius 1 is 1.20 bits per heavy atom. The number of nitrogens with one attached hydrogen (secondary N) is 1. The Bertz CT molecular complexity index is 311. The molecule has 2 unspecified atom stereocenters. The van der Waals surface area contributed by atoms with E-state index in [1.165, 1.54) is 0 Å². The number of thioether (sulfide) groups is 1. The molecular formula is C9H17NO3S2. The van der Waals surface area contributed by atoms with E-state index in [4.69, 9.17) is 0 Å². The maximum Gasteiger partial charge on any atom is 0.154 e. The molecule has 0 aromatic heterocycles. The average molecular weight is 251 g/mol. The van der Waals surface area contributed by atoms with Crippen molar-refractivity contribution in [1.82, 2.24) is 5.32 Å². The highest BCUT2D eigenvalue weighted by Crippen LogP contribution is 2.20. The van der Waals surface area contributed by atoms with Crippen LogP contribution in [0.2, 0.25) is 0 Å². The second kappa shape index (κ2) is 4.61. The maximum absolute atomic E-state index is 11.3. The summed E-state index contributed by atoms with van der Waals surface area (Å²) in [6, 6.07) is 0.141. The molecule has 0 amide bonds. The summed E-state index contributed by atoms with van der Waals surface area (Å²) in [5, 5.41) is 12.9. The van der Waals surface area contributed by atoms with Gasteiger partial charge in [-0.15, -0.1) is 0 Å². The van der Waals surface area contributed by atoms with E-state index in [-0.39, 0.29) is 17.5 Å². The first-order chi connectivity index (χ1) is 7.07. The average Bonchev–Trinajstić information content (AvgIpc) is 2.41. The molecular weight excluding hydrogens is 234 g/mol. The van der Waals surface area contributed by atoms with Gasteiger partial charge in [0.15, 0.2) is 9.84 Å². The minimum absolute atomic E-state index is 0.0772. The molecule has 2 fully saturated rings. The van der Waals surface area contributed by atoms with Crippen molar-refractivity contribution >= 4 is 21.6 Å². The van der Waals surface area contributed by atoms with Crippen molar-refractivity contribution in [2.75, 3.05) is 23.0 Å². The molecule has 0 bridgehead atoms. The van der Waals surface area contributed by atoms with Crippen LogP contribution in [0.15, 0.2) is 0 Å². The fourth-order valence-electron chi connectivity index (χ4n) is 2.16. The summed E-state index contributed by atoms with van der Waals surface area (Å²) in [7, 11) is -3.01. The summed E-state index contributed by atoms with van der Waals surface area (Å²) >= 11 is 1.94. The van der Waals surface area contributed by atoms with Crippen LogP contribution in [-0.4, -0.2) is 54.7 Å². The Morgan fingerprint density at radius 2 is 1.87 bits per heavy atom. The lowest BCUT2D eigenvalue weighted by Gasteiger charge is -2.26. The maximum atomic E-state index is 11.3. The van der Waals surface area contributed by atoms with Crippen LogP contribution in [0, 0.1) is 0 Å². The number of sulfone groups is 1. The predicted octanol–water partition coefficient (Wildman–Crippen LogP) is -0.370. The highest BCUT2D eigenvalue weighted by Gasteiger charge is 2.37. The fraction of sp³-hybridized carbons (Fsp3) is 1.00. The molecule has 0 radical (unpaired) electrons. The van der Waals surface area contributed by atoms with Crippen molar-refractivity contribution in [3.63, 3.8) is 0 Å². The quantitative estimate of drug-likeness (QED) is 0.701. The molecule has 6 heteroatoms. The van der Waals surface area contributed by atoms with Gasteiger partial charge in [-0.3, -0.25) is 0 Å². The van der Waals surface area contributed by atoms with Crippen LogP contribution in [0.4, 0.5) is 0 Å². The molecule has 15 heavy (non-hydrogen) atoms. The van der Waals surface area contributed by atoms with Crippen LogP contribution in [0.25, 0.3) is 0 Å². The van der Waals surface area contributed by atoms with Gasteiger partial charge in [0, 0.05) is 12.1 Å². The topological polar surface area (TPSA) is 66.4 Å². The monoisotopic (exact) mass is 251 g/mol. The van der Waals surface area contributed by atoms with E-state index in [9.17, 15) is 13.5 Å². The number of hydrogen-bond donors (Lipinski definition) is 2. The van der Waals surface area contributed by atoms with E-state index in [0.29, 0.717) is 6.04 Å². The van der Waals surface area contributed by atoms with E-state index in [0.717, 1.165) is 24.3 Å². The van der Waals surface area contributed by atoms with Gasteiger partial charge in [0.25, 0.3) is 0 Å². The molecule has 2 aliphatic heterocycles. The first kappa shape index (κ1) is 11.7. The number of aliphatic hydroxyl groups excluding tert-OH is 1. The summed E-state index contributed by atoms with van der Waals surface area (Å²) in [4.78, 5) is 0. The second-order valence-electron chi connectivity index (χ2n) is 4.30. The molecule has 2 aliphatic rings. The third-order valence-corrected chi connectivity index (χ3v) is 5.76. The van der Waals surface area contributed by atoms with Gasteiger partial charge in [0.1, 0.15) is 0 Å². The smallest absolute Gasteiger partial charge is 0.154 e. The summed E-state index contributed by atoms with van der Waals surface area (Å²) in [5.74, 6) is 2.28. The van der Waals surface area contributed by atoms with Gasteiger partial charge >= 0.3 is 0 Å². The summed E-state index contributed by atoms with van der Waals surface area (Å²) in [5.41, 5.74) is 0. The molecule has 2 saturated heterocycles. The van der Waals surface area contributed by atoms with Crippen LogP contribution in [0.5, 0.6) is 0 Å². The zero-order valence-electron chi connectivity index (χ0n) is 8.55. The molecule has 2 N–H and O–H groups in total. The summed E-state index contributed by atoms with van der Waals surface area (Å²) < 4.78 is 22.6. The van der Waals surface area contributed by atoms with Gasteiger partial charge in [-0.25, -0.2) is 8.42 Å². The Morgan fingerprint density at radius 3 is 2.40 bits per heavy atom. The predicted molar refractivity (Wildman–Crippen MR) is 61.9 cm³/mol. The Kier molecular flexibility index (Phi) is 3.59. The van der Waals surface area contributed by atoms with Gasteiger partial charge < -0.3 is 10.4 Å². The largest absolute Gasteiger partial charge is 0.390 e. The lowest BCUT2D eigenvalue weighted by Crippen LogP contribution is -2.46. The highest BCUT2D eigenvalue weighted by atomic mass is 32.2. The van der Waals surface area contributed by atoms with Crippen molar-refractivity contribution < 1.29 is 13.5 Å². The molecule has 0 spiro atoms. The standard InChI is InChI=1S/C9H17NO3S2/c11-9-6-15(12,13)5-8(9)10-7-1-3-14-4-2-7/h7-11H,1-6H2. The fourth-order valence-corrected chi connectivity index (χ4v) is 5.02. The van der Waals surface area contributed by atoms with Gasteiger partial charge in [-0.1, -0.05) is 0 Å². The number of rotatable bonds is 2. The van der Waals surface area contributed by atoms with Crippen LogP contribution < -0.4 is 5.32 Å². The van der Waals surface area contributed by atoms with Gasteiger partial charge in [-0.05, 0) is 24.3 Å². The Labute approximate surface area is 94.7 Å². The molecule has 0 aromatic rings. The summed E-state index contributed by atoms with van der Waals surface area (Å²) in [6.45, 7) is 0. The summed E-state index contributed by atoms with van der Waals surface area (Å²) in [6.07, 6.45) is 1.44. The normalized spacial score (nSPS) is 36.9. The lowest BCUT2D eigenvalue weighted by molar-refractivity contribution is 0.157. The van der Waals surface area contributed by atoms with E-state index >= 15 is 0 Å². The first-order valence-corrected chi connectivity index (χ1v) is 8.27. The lowest BCUT2D eigenvalue weighted by atomic mass is 10.1. The van der Waals surface area contributed by atoms with Gasteiger partial charge in [0.2, 0.25) is 0 Å². The van der Waals surface area contributed by atoms with Crippen molar-refractivity contribution in [3.05, 3.63) is 0 Å². The third-order valence-electron chi connectivity index (χ3n) is 2.99. The molecule has 2 heterocycles. The molecule has 0 aromatic carbocycles. The minimum atomic E-state index is -3.01. The Hall–Kier alpha value is 0.220. The van der Waals surface area contributed by atoms with E-state index < -0.39 is 15.9 Å². The van der Waals surface area contributed by atoms with Crippen molar-refractivity contribution in [2.24, 2.45) is 0 Å². The van der Waals surface area contributed by atoms with Gasteiger partial charge in [0.05, 0.1) is 17.6 Å². The zero-order chi connectivity index (χ0) is 10.9. The van der Waals surface area contributed by atoms with Gasteiger partial charge in [-0.2, -0.15) is 11.8 Å². The molecule has 0 aliphatic carbocycles. The molecule has 88 valence electrons. The highest BCUT2D eigenvalue weighted by molar-refractivity contribution is 7.99. The van der Waals surface area contributed by atoms with Crippen LogP contribution in [-0.2, 0) is 9.84 Å². The van der Waals surface area contributed by atoms with Crippen LogP contribution in [0.3, 0.4) is 0 Å². The zero-order valence-corrected chi connectivity index (χ0v) is 10.2. The number of aliphatic hydroxyl groups is 1.